The molecule has 0 aromatic heterocycles. The topological polar surface area (TPSA) is 61.4 Å². The first-order valence-corrected chi connectivity index (χ1v) is 7.52. The van der Waals surface area contributed by atoms with Gasteiger partial charge < -0.3 is 10.2 Å². The van der Waals surface area contributed by atoms with E-state index in [1.165, 1.54) is 0 Å². The molecule has 1 aliphatic rings. The van der Waals surface area contributed by atoms with Crippen molar-refractivity contribution in [3.63, 3.8) is 0 Å². The van der Waals surface area contributed by atoms with Crippen molar-refractivity contribution in [1.29, 1.82) is 0 Å². The molecule has 1 heterocycles. The molecule has 0 aromatic carbocycles. The zero-order valence-electron chi connectivity index (χ0n) is 10.2. The molecule has 5 nitrogen and oxygen atoms in total. The van der Waals surface area contributed by atoms with E-state index in [4.69, 9.17) is 0 Å². The fraction of sp³-hybridized carbons (Fsp3) is 1.00. The van der Waals surface area contributed by atoms with Gasteiger partial charge in [0.1, 0.15) is 0 Å². The predicted molar refractivity (Wildman–Crippen MR) is 66.0 cm³/mol. The highest BCUT2D eigenvalue weighted by Crippen LogP contribution is 2.09. The van der Waals surface area contributed by atoms with E-state index in [0.717, 1.165) is 32.5 Å². The van der Waals surface area contributed by atoms with Gasteiger partial charge in [-0.25, -0.2) is 13.1 Å². The summed E-state index contributed by atoms with van der Waals surface area (Å²) in [7, 11) is 0.765. The summed E-state index contributed by atoms with van der Waals surface area (Å²) in [5.41, 5.74) is 0. The Morgan fingerprint density at radius 2 is 2.19 bits per heavy atom. The molecule has 0 aliphatic carbocycles. The Kier molecular flexibility index (Phi) is 5.68. The molecule has 1 atom stereocenters. The Bertz CT molecular complexity index is 292. The van der Waals surface area contributed by atoms with Crippen LogP contribution in [-0.4, -0.2) is 58.8 Å². The lowest BCUT2D eigenvalue weighted by Crippen LogP contribution is -2.46. The molecule has 0 radical (unpaired) electrons. The SMILES string of the molecule is CNCCCS(=O)(=O)NC1CCCN(C)C1. The molecule has 1 unspecified atom stereocenters. The second-order valence-corrected chi connectivity index (χ2v) is 6.37. The number of hydrogen-bond acceptors (Lipinski definition) is 4. The Morgan fingerprint density at radius 1 is 1.44 bits per heavy atom. The largest absolute Gasteiger partial charge is 0.320 e. The lowest BCUT2D eigenvalue weighted by Gasteiger charge is -2.29. The molecular weight excluding hydrogens is 226 g/mol. The molecule has 0 aromatic rings. The van der Waals surface area contributed by atoms with E-state index in [9.17, 15) is 8.42 Å². The summed E-state index contributed by atoms with van der Waals surface area (Å²) in [6.07, 6.45) is 2.68. The molecule has 1 saturated heterocycles. The van der Waals surface area contributed by atoms with Crippen molar-refractivity contribution < 1.29 is 8.42 Å². The third kappa shape index (κ3) is 5.25. The average molecular weight is 249 g/mol. The van der Waals surface area contributed by atoms with Crippen molar-refractivity contribution in [2.45, 2.75) is 25.3 Å². The van der Waals surface area contributed by atoms with Crippen LogP contribution in [0.25, 0.3) is 0 Å². The minimum absolute atomic E-state index is 0.0957. The number of rotatable bonds is 6. The van der Waals surface area contributed by atoms with Crippen LogP contribution in [0.2, 0.25) is 0 Å². The van der Waals surface area contributed by atoms with Crippen LogP contribution in [0, 0.1) is 0 Å². The number of sulfonamides is 1. The van der Waals surface area contributed by atoms with Crippen molar-refractivity contribution in [3.8, 4) is 0 Å². The fourth-order valence-corrected chi connectivity index (χ4v) is 3.36. The van der Waals surface area contributed by atoms with Gasteiger partial charge in [-0.15, -0.1) is 0 Å². The molecule has 1 rings (SSSR count). The minimum atomic E-state index is -3.09. The van der Waals surface area contributed by atoms with Gasteiger partial charge in [0.15, 0.2) is 0 Å². The number of likely N-dealkylation sites (N-methyl/N-ethyl adjacent to an activating group) is 1. The van der Waals surface area contributed by atoms with E-state index in [0.29, 0.717) is 6.42 Å². The molecule has 2 N–H and O–H groups in total. The van der Waals surface area contributed by atoms with Crippen molar-refractivity contribution in [3.05, 3.63) is 0 Å². The highest BCUT2D eigenvalue weighted by Gasteiger charge is 2.21. The van der Waals surface area contributed by atoms with Crippen LogP contribution in [0.15, 0.2) is 0 Å². The number of hydrogen-bond donors (Lipinski definition) is 2. The van der Waals surface area contributed by atoms with Gasteiger partial charge >= 0.3 is 0 Å². The van der Waals surface area contributed by atoms with Gasteiger partial charge in [-0.2, -0.15) is 0 Å². The van der Waals surface area contributed by atoms with Gasteiger partial charge in [0, 0.05) is 12.6 Å². The molecule has 0 amide bonds. The van der Waals surface area contributed by atoms with Crippen LogP contribution in [0.1, 0.15) is 19.3 Å². The number of nitrogens with one attached hydrogen (secondary N) is 2. The van der Waals surface area contributed by atoms with E-state index in [1.807, 2.05) is 14.1 Å². The Labute approximate surface area is 98.6 Å². The van der Waals surface area contributed by atoms with Gasteiger partial charge in [-0.3, -0.25) is 0 Å². The number of piperidine rings is 1. The van der Waals surface area contributed by atoms with E-state index in [2.05, 4.69) is 14.9 Å². The summed E-state index contributed by atoms with van der Waals surface area (Å²) in [6, 6.07) is 0.0957. The van der Waals surface area contributed by atoms with E-state index in [-0.39, 0.29) is 11.8 Å². The highest BCUT2D eigenvalue weighted by atomic mass is 32.2. The number of likely N-dealkylation sites (tertiary alicyclic amines) is 1. The smallest absolute Gasteiger partial charge is 0.211 e. The van der Waals surface area contributed by atoms with Crippen LogP contribution in [-0.2, 0) is 10.0 Å². The standard InChI is InChI=1S/C10H23N3O2S/c1-11-6-4-8-16(14,15)12-10-5-3-7-13(2)9-10/h10-12H,3-9H2,1-2H3. The Balaban J connectivity index is 2.33. The summed E-state index contributed by atoms with van der Waals surface area (Å²) in [4.78, 5) is 2.17. The normalized spacial score (nSPS) is 23.5. The van der Waals surface area contributed by atoms with Crippen LogP contribution in [0.5, 0.6) is 0 Å². The second-order valence-electron chi connectivity index (χ2n) is 4.50. The van der Waals surface area contributed by atoms with Crippen LogP contribution >= 0.6 is 0 Å². The predicted octanol–water partition coefficient (Wildman–Crippen LogP) is -0.390. The van der Waals surface area contributed by atoms with E-state index >= 15 is 0 Å². The first-order chi connectivity index (χ1) is 7.53. The Morgan fingerprint density at radius 3 is 2.81 bits per heavy atom. The van der Waals surface area contributed by atoms with Crippen LogP contribution in [0.4, 0.5) is 0 Å². The monoisotopic (exact) mass is 249 g/mol. The second kappa shape index (κ2) is 6.54. The summed E-state index contributed by atoms with van der Waals surface area (Å²) in [6.45, 7) is 2.63. The zero-order chi connectivity index (χ0) is 12.0. The van der Waals surface area contributed by atoms with Gasteiger partial charge in [-0.05, 0) is 46.4 Å². The van der Waals surface area contributed by atoms with Gasteiger partial charge in [-0.1, -0.05) is 0 Å². The first-order valence-electron chi connectivity index (χ1n) is 5.86. The summed E-state index contributed by atoms with van der Waals surface area (Å²) >= 11 is 0. The molecule has 0 spiro atoms. The lowest BCUT2D eigenvalue weighted by molar-refractivity contribution is 0.242. The lowest BCUT2D eigenvalue weighted by atomic mass is 10.1. The molecule has 16 heavy (non-hydrogen) atoms. The molecule has 0 saturated carbocycles. The zero-order valence-corrected chi connectivity index (χ0v) is 11.0. The highest BCUT2D eigenvalue weighted by molar-refractivity contribution is 7.89. The summed E-state index contributed by atoms with van der Waals surface area (Å²) in [5, 5.41) is 2.95. The van der Waals surface area contributed by atoms with E-state index in [1.54, 1.807) is 0 Å². The summed E-state index contributed by atoms with van der Waals surface area (Å²) < 4.78 is 26.2. The molecule has 96 valence electrons. The first kappa shape index (κ1) is 13.9. The van der Waals surface area contributed by atoms with Gasteiger partial charge in [0.2, 0.25) is 10.0 Å². The van der Waals surface area contributed by atoms with Crippen LogP contribution in [0.3, 0.4) is 0 Å². The van der Waals surface area contributed by atoms with E-state index < -0.39 is 10.0 Å². The molecule has 1 aliphatic heterocycles. The molecular formula is C10H23N3O2S. The average Bonchev–Trinajstić information content (AvgIpc) is 2.17. The maximum absolute atomic E-state index is 11.7. The third-order valence-corrected chi connectivity index (χ3v) is 4.33. The van der Waals surface area contributed by atoms with Crippen LogP contribution < -0.4 is 10.0 Å². The minimum Gasteiger partial charge on any atom is -0.320 e. The fourth-order valence-electron chi connectivity index (χ4n) is 2.01. The van der Waals surface area contributed by atoms with Gasteiger partial charge in [0.05, 0.1) is 5.75 Å². The van der Waals surface area contributed by atoms with Crippen molar-refractivity contribution >= 4 is 10.0 Å². The quantitative estimate of drug-likeness (QED) is 0.629. The maximum Gasteiger partial charge on any atom is 0.211 e. The van der Waals surface area contributed by atoms with Crippen molar-refractivity contribution in [1.82, 2.24) is 14.9 Å². The third-order valence-electron chi connectivity index (χ3n) is 2.81. The molecule has 6 heteroatoms. The molecule has 1 fully saturated rings. The Hall–Kier alpha value is -0.170. The molecule has 0 bridgehead atoms. The summed E-state index contributed by atoms with van der Waals surface area (Å²) in [5.74, 6) is 0.216. The van der Waals surface area contributed by atoms with Crippen molar-refractivity contribution in [2.75, 3.05) is 39.5 Å². The van der Waals surface area contributed by atoms with Crippen molar-refractivity contribution in [2.24, 2.45) is 0 Å². The number of nitrogens with zero attached hydrogens (tertiary/aromatic N) is 1. The van der Waals surface area contributed by atoms with Gasteiger partial charge in [0.25, 0.3) is 0 Å². The maximum atomic E-state index is 11.7.